The van der Waals surface area contributed by atoms with E-state index in [1.54, 1.807) is 41.6 Å². The van der Waals surface area contributed by atoms with Gasteiger partial charge in [0.25, 0.3) is 6.47 Å². The second-order valence-electron chi connectivity index (χ2n) is 6.91. The number of carbonyl (C=O) groups excluding carboxylic acids is 1. The Balaban J connectivity index is 2.22. The van der Waals surface area contributed by atoms with Crippen LogP contribution in [0.1, 0.15) is 11.4 Å². The number of carboxylic acids is 2. The molecule has 2 aromatic heterocycles. The van der Waals surface area contributed by atoms with Gasteiger partial charge in [0.2, 0.25) is 0 Å². The minimum Gasteiger partial charge on any atom is -0.477 e. The molecule has 0 unspecified atom stereocenters. The summed E-state index contributed by atoms with van der Waals surface area (Å²) in [5.74, 6) is -2.21. The summed E-state index contributed by atoms with van der Waals surface area (Å²) in [6.45, 7) is 0.537. The minimum absolute atomic E-state index is 0.0240. The van der Waals surface area contributed by atoms with E-state index in [9.17, 15) is 24.6 Å². The zero-order valence-corrected chi connectivity index (χ0v) is 16.5. The molecule has 0 saturated heterocycles. The fraction of sp³-hybridized carbons (Fsp3) is 0.350. The average Bonchev–Trinajstić information content (AvgIpc) is 2.70. The van der Waals surface area contributed by atoms with Crippen molar-refractivity contribution in [3.8, 4) is 0 Å². The first-order valence-corrected chi connectivity index (χ1v) is 9.28. The van der Waals surface area contributed by atoms with Gasteiger partial charge < -0.3 is 14.9 Å². The molecule has 2 N–H and O–H groups in total. The molecule has 2 heterocycles. The predicted octanol–water partition coefficient (Wildman–Crippen LogP) is 0.595. The third-order valence-corrected chi connectivity index (χ3v) is 4.49. The van der Waals surface area contributed by atoms with Gasteiger partial charge in [0.1, 0.15) is 13.3 Å². The normalized spacial score (nSPS) is 11.2. The number of carbonyl (C=O) groups is 3. The van der Waals surface area contributed by atoms with Crippen molar-refractivity contribution in [2.24, 2.45) is 0 Å². The van der Waals surface area contributed by atoms with E-state index in [0.717, 1.165) is 5.69 Å². The van der Waals surface area contributed by atoms with Gasteiger partial charge in [-0.1, -0.05) is 12.1 Å². The van der Waals surface area contributed by atoms with Gasteiger partial charge in [-0.05, 0) is 24.3 Å². The van der Waals surface area contributed by atoms with E-state index in [1.165, 1.54) is 0 Å². The van der Waals surface area contributed by atoms with Crippen molar-refractivity contribution in [2.75, 3.05) is 32.9 Å². The fourth-order valence-corrected chi connectivity index (χ4v) is 3.21. The second-order valence-corrected chi connectivity index (χ2v) is 6.91. The number of quaternary nitrogens is 1. The van der Waals surface area contributed by atoms with E-state index in [-0.39, 0.29) is 43.9 Å². The quantitative estimate of drug-likeness (QED) is 0.258. The highest BCUT2D eigenvalue weighted by atomic mass is 16.5. The van der Waals surface area contributed by atoms with Crippen LogP contribution in [0.4, 0.5) is 0 Å². The van der Waals surface area contributed by atoms with Crippen LogP contribution < -0.4 is 0 Å². The van der Waals surface area contributed by atoms with E-state index in [2.05, 4.69) is 9.97 Å². The first-order valence-electron chi connectivity index (χ1n) is 9.28. The van der Waals surface area contributed by atoms with Gasteiger partial charge in [0.15, 0.2) is 13.1 Å². The van der Waals surface area contributed by atoms with Crippen LogP contribution in [0.3, 0.4) is 0 Å². The van der Waals surface area contributed by atoms with Crippen LogP contribution in [0.2, 0.25) is 0 Å². The van der Waals surface area contributed by atoms with Crippen molar-refractivity contribution >= 4 is 18.4 Å². The summed E-state index contributed by atoms with van der Waals surface area (Å²) in [5.41, 5.74) is 1.34. The van der Waals surface area contributed by atoms with E-state index in [4.69, 9.17) is 4.74 Å². The number of rotatable bonds is 14. The van der Waals surface area contributed by atoms with Gasteiger partial charge in [0, 0.05) is 18.9 Å². The van der Waals surface area contributed by atoms with Gasteiger partial charge in [-0.25, -0.2) is 9.59 Å². The average molecular weight is 417 g/mol. The Morgan fingerprint density at radius 1 is 1.00 bits per heavy atom. The molecule has 0 aliphatic rings. The molecule has 10 nitrogen and oxygen atoms in total. The molecule has 0 bridgehead atoms. The van der Waals surface area contributed by atoms with Crippen LogP contribution in [0, 0.1) is 0 Å². The summed E-state index contributed by atoms with van der Waals surface area (Å²) in [6.07, 6.45) is 3.22. The minimum atomic E-state index is -1.10. The number of ether oxygens (including phenoxy) is 1. The number of carboxylic acid groups (broad SMARTS) is 2. The van der Waals surface area contributed by atoms with Crippen molar-refractivity contribution in [1.82, 2.24) is 14.9 Å². The maximum Gasteiger partial charge on any atom is 0.359 e. The molecule has 0 fully saturated rings. The third-order valence-electron chi connectivity index (χ3n) is 4.49. The standard InChI is InChI=1S/C20H24N4O6/c25-16-30-15-23(11-17-5-1-3-7-21-17)9-10-24(13-19(26)27,14-20(28)29)12-18-6-2-4-8-22-18/h1-8,16H,9-15H2,(H-,26,27,28,29)/p+1. The van der Waals surface area contributed by atoms with Gasteiger partial charge in [0.05, 0.1) is 24.5 Å². The maximum absolute atomic E-state index is 11.6. The molecule has 0 radical (unpaired) electrons. The highest BCUT2D eigenvalue weighted by Crippen LogP contribution is 2.15. The first-order chi connectivity index (χ1) is 14.4. The van der Waals surface area contributed by atoms with Crippen molar-refractivity contribution in [1.29, 1.82) is 0 Å². The highest BCUT2D eigenvalue weighted by Gasteiger charge is 2.34. The molecule has 0 atom stereocenters. The number of nitrogens with zero attached hydrogens (tertiary/aromatic N) is 4. The molecule has 0 aromatic carbocycles. The Bertz CT molecular complexity index is 803. The molecular weight excluding hydrogens is 392 g/mol. The fourth-order valence-electron chi connectivity index (χ4n) is 3.21. The number of pyridine rings is 2. The van der Waals surface area contributed by atoms with Crippen LogP contribution in [0.5, 0.6) is 0 Å². The largest absolute Gasteiger partial charge is 0.477 e. The molecule has 0 aliphatic heterocycles. The Morgan fingerprint density at radius 2 is 1.60 bits per heavy atom. The summed E-state index contributed by atoms with van der Waals surface area (Å²) in [6, 6.07) is 10.7. The van der Waals surface area contributed by atoms with Crippen LogP contribution in [0.25, 0.3) is 0 Å². The first kappa shape index (κ1) is 22.9. The Hall–Kier alpha value is -3.37. The Morgan fingerprint density at radius 3 is 2.10 bits per heavy atom. The lowest BCUT2D eigenvalue weighted by atomic mass is 10.2. The van der Waals surface area contributed by atoms with Crippen molar-refractivity contribution in [3.05, 3.63) is 60.2 Å². The van der Waals surface area contributed by atoms with Crippen LogP contribution >= 0.6 is 0 Å². The summed E-state index contributed by atoms with van der Waals surface area (Å²) < 4.78 is 4.64. The van der Waals surface area contributed by atoms with Gasteiger partial charge in [-0.15, -0.1) is 0 Å². The SMILES string of the molecule is O=COCN(CC[N+](CC(=O)O)(CC(=O)O)Cc1ccccn1)Cc1ccccn1. The molecule has 0 amide bonds. The zero-order chi connectivity index (χ0) is 21.8. The van der Waals surface area contributed by atoms with E-state index < -0.39 is 11.9 Å². The molecule has 0 aliphatic carbocycles. The van der Waals surface area contributed by atoms with E-state index in [1.807, 2.05) is 12.1 Å². The molecular formula is C20H25N4O6+. The molecule has 160 valence electrons. The second kappa shape index (κ2) is 11.6. The lowest BCUT2D eigenvalue weighted by Crippen LogP contribution is -2.56. The van der Waals surface area contributed by atoms with Crippen molar-refractivity contribution in [2.45, 2.75) is 13.1 Å². The molecule has 30 heavy (non-hydrogen) atoms. The van der Waals surface area contributed by atoms with Gasteiger partial charge >= 0.3 is 11.9 Å². The Kier molecular flexibility index (Phi) is 8.85. The zero-order valence-electron chi connectivity index (χ0n) is 16.5. The molecule has 0 spiro atoms. The smallest absolute Gasteiger partial charge is 0.359 e. The number of hydrogen-bond acceptors (Lipinski definition) is 7. The predicted molar refractivity (Wildman–Crippen MR) is 105 cm³/mol. The number of aromatic nitrogens is 2. The summed E-state index contributed by atoms with van der Waals surface area (Å²) in [4.78, 5) is 44.0. The number of hydrogen-bond donors (Lipinski definition) is 2. The monoisotopic (exact) mass is 417 g/mol. The number of aliphatic carboxylic acids is 2. The molecule has 2 rings (SSSR count). The van der Waals surface area contributed by atoms with E-state index >= 15 is 0 Å². The molecule has 10 heteroatoms. The lowest BCUT2D eigenvalue weighted by molar-refractivity contribution is -0.927. The Labute approximate surface area is 173 Å². The van der Waals surface area contributed by atoms with Gasteiger partial charge in [-0.3, -0.25) is 24.1 Å². The lowest BCUT2D eigenvalue weighted by Gasteiger charge is -2.37. The van der Waals surface area contributed by atoms with Crippen LogP contribution in [-0.2, 0) is 32.2 Å². The summed E-state index contributed by atoms with van der Waals surface area (Å²) in [5, 5.41) is 18.9. The summed E-state index contributed by atoms with van der Waals surface area (Å²) >= 11 is 0. The highest BCUT2D eigenvalue weighted by molar-refractivity contribution is 5.70. The molecule has 0 saturated carbocycles. The maximum atomic E-state index is 11.6. The third kappa shape index (κ3) is 7.94. The van der Waals surface area contributed by atoms with Crippen molar-refractivity contribution < 1.29 is 33.8 Å². The van der Waals surface area contributed by atoms with Crippen LogP contribution in [-0.4, -0.2) is 80.9 Å². The topological polar surface area (TPSA) is 130 Å². The van der Waals surface area contributed by atoms with Gasteiger partial charge in [-0.2, -0.15) is 0 Å². The van der Waals surface area contributed by atoms with E-state index in [0.29, 0.717) is 18.7 Å². The summed E-state index contributed by atoms with van der Waals surface area (Å²) in [7, 11) is 0. The molecule has 2 aromatic rings. The van der Waals surface area contributed by atoms with Crippen molar-refractivity contribution in [3.63, 3.8) is 0 Å². The van der Waals surface area contributed by atoms with Crippen LogP contribution in [0.15, 0.2) is 48.8 Å².